The number of benzene rings is 1. The van der Waals surface area contributed by atoms with Gasteiger partial charge in [0.1, 0.15) is 11.3 Å². The number of morpholine rings is 1. The number of anilines is 1. The number of rotatable bonds is 4. The van der Waals surface area contributed by atoms with E-state index in [1.54, 1.807) is 12.3 Å². The number of halogens is 1. The molecule has 0 aliphatic carbocycles. The van der Waals surface area contributed by atoms with Crippen LogP contribution < -0.4 is 4.90 Å². The van der Waals surface area contributed by atoms with E-state index in [9.17, 15) is 9.90 Å². The fourth-order valence-electron chi connectivity index (χ4n) is 5.22. The third-order valence-electron chi connectivity index (χ3n) is 7.18. The lowest BCUT2D eigenvalue weighted by molar-refractivity contribution is 0.122. The van der Waals surface area contributed by atoms with E-state index in [4.69, 9.17) is 19.7 Å². The largest absolute Gasteiger partial charge is 0.465 e. The van der Waals surface area contributed by atoms with E-state index in [2.05, 4.69) is 9.88 Å². The van der Waals surface area contributed by atoms with Crippen LogP contribution in [0.1, 0.15) is 18.5 Å². The lowest BCUT2D eigenvalue weighted by Gasteiger charge is -2.30. The highest BCUT2D eigenvalue weighted by molar-refractivity contribution is 5.96. The molecule has 2 N–H and O–H groups in total. The first kappa shape index (κ1) is 22.7. The Kier molecular flexibility index (Phi) is 5.88. The van der Waals surface area contributed by atoms with Crippen LogP contribution in [-0.2, 0) is 11.2 Å². The van der Waals surface area contributed by atoms with Gasteiger partial charge < -0.3 is 24.6 Å². The lowest BCUT2D eigenvalue weighted by atomic mass is 9.92. The molecule has 186 valence electrons. The van der Waals surface area contributed by atoms with E-state index in [1.165, 1.54) is 11.0 Å². The molecule has 36 heavy (non-hydrogen) atoms. The fourth-order valence-corrected chi connectivity index (χ4v) is 5.22. The van der Waals surface area contributed by atoms with Crippen LogP contribution in [0, 0.1) is 11.7 Å². The van der Waals surface area contributed by atoms with Crippen LogP contribution in [0.2, 0.25) is 0 Å². The molecular formula is C26H27FN6O3. The van der Waals surface area contributed by atoms with Crippen molar-refractivity contribution in [3.8, 4) is 11.4 Å². The number of aromatic amines is 1. The second-order valence-corrected chi connectivity index (χ2v) is 9.42. The topological polar surface area (TPSA) is 107 Å². The molecule has 5 heterocycles. The zero-order chi connectivity index (χ0) is 24.6. The Hall–Kier alpha value is -3.79. The average molecular weight is 491 g/mol. The molecule has 3 aromatic heterocycles. The predicted molar refractivity (Wildman–Crippen MR) is 134 cm³/mol. The summed E-state index contributed by atoms with van der Waals surface area (Å²) in [6, 6.07) is 8.90. The number of nitrogens with zero attached hydrogens (tertiary/aromatic N) is 5. The van der Waals surface area contributed by atoms with Gasteiger partial charge in [0.2, 0.25) is 0 Å². The van der Waals surface area contributed by atoms with Gasteiger partial charge in [-0.3, -0.25) is 0 Å². The summed E-state index contributed by atoms with van der Waals surface area (Å²) in [6.45, 7) is 3.61. The monoisotopic (exact) mass is 490 g/mol. The highest BCUT2D eigenvalue weighted by atomic mass is 19.1. The number of H-pyrrole nitrogens is 1. The van der Waals surface area contributed by atoms with Crippen molar-refractivity contribution in [3.63, 3.8) is 0 Å². The number of hydrogen-bond donors (Lipinski definition) is 2. The minimum Gasteiger partial charge on any atom is -0.465 e. The Labute approximate surface area is 206 Å². The zero-order valence-corrected chi connectivity index (χ0v) is 19.8. The van der Waals surface area contributed by atoms with Gasteiger partial charge in [-0.15, -0.1) is 0 Å². The molecule has 6 rings (SSSR count). The molecule has 2 aliphatic rings. The number of carbonyl (C=O) groups is 1. The van der Waals surface area contributed by atoms with Crippen molar-refractivity contribution in [2.24, 2.45) is 5.92 Å². The van der Waals surface area contributed by atoms with Crippen LogP contribution in [0.3, 0.4) is 0 Å². The van der Waals surface area contributed by atoms with Crippen LogP contribution in [0.15, 0.2) is 36.5 Å². The molecule has 0 unspecified atom stereocenters. The summed E-state index contributed by atoms with van der Waals surface area (Å²) in [6.07, 6.45) is 3.33. The molecule has 9 nitrogen and oxygen atoms in total. The first-order valence-corrected chi connectivity index (χ1v) is 12.3. The summed E-state index contributed by atoms with van der Waals surface area (Å²) in [7, 11) is 0. The van der Waals surface area contributed by atoms with Crippen molar-refractivity contribution in [2.75, 3.05) is 44.3 Å². The van der Waals surface area contributed by atoms with E-state index in [-0.39, 0.29) is 5.82 Å². The van der Waals surface area contributed by atoms with E-state index < -0.39 is 6.09 Å². The first-order chi connectivity index (χ1) is 17.6. The number of ether oxygens (including phenoxy) is 1. The first-order valence-electron chi connectivity index (χ1n) is 12.3. The van der Waals surface area contributed by atoms with E-state index >= 15 is 4.39 Å². The molecule has 0 saturated carbocycles. The SMILES string of the molecule is O=C(O)N1CCC(Cc2ccc3nc(-c4c(F)ccc5[nH]ccc45)nc(N4CCOCC4)c3n2)CC1. The zero-order valence-electron chi connectivity index (χ0n) is 19.8. The summed E-state index contributed by atoms with van der Waals surface area (Å²) in [5.74, 6) is 1.03. The van der Waals surface area contributed by atoms with Crippen molar-refractivity contribution >= 4 is 33.8 Å². The van der Waals surface area contributed by atoms with Crippen molar-refractivity contribution in [2.45, 2.75) is 19.3 Å². The number of piperidine rings is 1. The van der Waals surface area contributed by atoms with Gasteiger partial charge in [0, 0.05) is 49.0 Å². The molecule has 4 aromatic rings. The Morgan fingerprint density at radius 2 is 1.86 bits per heavy atom. The van der Waals surface area contributed by atoms with Gasteiger partial charge in [0.15, 0.2) is 11.6 Å². The summed E-state index contributed by atoms with van der Waals surface area (Å²) >= 11 is 0. The average Bonchev–Trinajstić information content (AvgIpc) is 3.38. The smallest absolute Gasteiger partial charge is 0.407 e. The van der Waals surface area contributed by atoms with E-state index in [0.29, 0.717) is 73.5 Å². The third kappa shape index (κ3) is 4.21. The van der Waals surface area contributed by atoms with Crippen molar-refractivity contribution in [3.05, 3.63) is 48.0 Å². The van der Waals surface area contributed by atoms with Crippen LogP contribution >= 0.6 is 0 Å². The van der Waals surface area contributed by atoms with Crippen LogP contribution in [-0.4, -0.2) is 75.4 Å². The van der Waals surface area contributed by atoms with Gasteiger partial charge in [0.05, 0.1) is 24.3 Å². The number of nitrogens with one attached hydrogen (secondary N) is 1. The minimum atomic E-state index is -0.854. The Balaban J connectivity index is 1.40. The van der Waals surface area contributed by atoms with Crippen LogP contribution in [0.25, 0.3) is 33.3 Å². The molecular weight excluding hydrogens is 463 g/mol. The number of carboxylic acid groups (broad SMARTS) is 1. The molecule has 0 atom stereocenters. The normalized spacial score (nSPS) is 17.2. The second kappa shape index (κ2) is 9.34. The Bertz CT molecular complexity index is 1430. The lowest BCUT2D eigenvalue weighted by Crippen LogP contribution is -2.38. The molecule has 0 bridgehead atoms. The predicted octanol–water partition coefficient (Wildman–Crippen LogP) is 4.08. The second-order valence-electron chi connectivity index (χ2n) is 9.42. The molecule has 2 aliphatic heterocycles. The summed E-state index contributed by atoms with van der Waals surface area (Å²) < 4.78 is 20.6. The number of fused-ring (bicyclic) bond motifs is 2. The summed E-state index contributed by atoms with van der Waals surface area (Å²) in [5.41, 5.74) is 3.49. The van der Waals surface area contributed by atoms with E-state index in [0.717, 1.165) is 35.9 Å². The Morgan fingerprint density at radius 1 is 1.06 bits per heavy atom. The maximum absolute atomic E-state index is 15.1. The highest BCUT2D eigenvalue weighted by Gasteiger charge is 2.25. The molecule has 1 amide bonds. The fraction of sp³-hybridized carbons (Fsp3) is 0.385. The third-order valence-corrected chi connectivity index (χ3v) is 7.18. The van der Waals surface area contributed by atoms with Gasteiger partial charge in [-0.1, -0.05) is 0 Å². The van der Waals surface area contributed by atoms with Crippen molar-refractivity contribution in [1.82, 2.24) is 24.8 Å². The van der Waals surface area contributed by atoms with Crippen molar-refractivity contribution in [1.29, 1.82) is 0 Å². The summed E-state index contributed by atoms with van der Waals surface area (Å²) in [5, 5.41) is 9.95. The van der Waals surface area contributed by atoms with Gasteiger partial charge in [-0.05, 0) is 55.5 Å². The van der Waals surface area contributed by atoms with Gasteiger partial charge in [0.25, 0.3) is 0 Å². The number of pyridine rings is 1. The minimum absolute atomic E-state index is 0.335. The highest BCUT2D eigenvalue weighted by Crippen LogP contribution is 2.33. The molecule has 0 spiro atoms. The number of aromatic nitrogens is 4. The maximum Gasteiger partial charge on any atom is 0.407 e. The van der Waals surface area contributed by atoms with Crippen molar-refractivity contribution < 1.29 is 19.0 Å². The van der Waals surface area contributed by atoms with Gasteiger partial charge in [-0.2, -0.15) is 0 Å². The quantitative estimate of drug-likeness (QED) is 0.444. The molecule has 2 fully saturated rings. The van der Waals surface area contributed by atoms with Crippen LogP contribution in [0.5, 0.6) is 0 Å². The molecule has 2 saturated heterocycles. The number of likely N-dealkylation sites (tertiary alicyclic amines) is 1. The standard InChI is InChI=1S/C26H27FN6O3/c27-19-2-4-20-18(5-8-28-20)22(19)24-30-21-3-1-17(15-16-6-9-33(10-7-16)26(34)35)29-23(21)25(31-24)32-11-13-36-14-12-32/h1-5,8,16,28H,6-7,9-15H2,(H,34,35). The van der Waals surface area contributed by atoms with Gasteiger partial charge in [-0.25, -0.2) is 24.1 Å². The van der Waals surface area contributed by atoms with Crippen LogP contribution in [0.4, 0.5) is 15.0 Å². The van der Waals surface area contributed by atoms with E-state index in [1.807, 2.05) is 18.2 Å². The maximum atomic E-state index is 15.1. The number of amides is 1. The Morgan fingerprint density at radius 3 is 2.64 bits per heavy atom. The molecule has 1 aromatic carbocycles. The van der Waals surface area contributed by atoms with Gasteiger partial charge >= 0.3 is 6.09 Å². The molecule has 0 radical (unpaired) electrons. The molecule has 10 heteroatoms. The number of hydrogen-bond acceptors (Lipinski definition) is 6. The summed E-state index contributed by atoms with van der Waals surface area (Å²) in [4.78, 5) is 32.6.